The van der Waals surface area contributed by atoms with E-state index in [1.807, 2.05) is 6.07 Å². The van der Waals surface area contributed by atoms with E-state index >= 15 is 0 Å². The van der Waals surface area contributed by atoms with Gasteiger partial charge in [0.2, 0.25) is 0 Å². The molecule has 1 N–H and O–H groups in total. The number of benzene rings is 2. The Labute approximate surface area is 190 Å². The van der Waals surface area contributed by atoms with E-state index in [0.717, 1.165) is 29.4 Å². The lowest BCUT2D eigenvalue weighted by Crippen LogP contribution is -2.29. The van der Waals surface area contributed by atoms with Gasteiger partial charge < -0.3 is 19.5 Å². The first-order chi connectivity index (χ1) is 15.7. The van der Waals surface area contributed by atoms with E-state index in [4.69, 9.17) is 14.6 Å². The number of rotatable bonds is 12. The summed E-state index contributed by atoms with van der Waals surface area (Å²) in [4.78, 5) is 15.0. The van der Waals surface area contributed by atoms with E-state index in [1.165, 1.54) is 24.9 Å². The van der Waals surface area contributed by atoms with Gasteiger partial charge in [0.25, 0.3) is 0 Å². The van der Waals surface area contributed by atoms with Gasteiger partial charge >= 0.3 is 0 Å². The molecular formula is C26H32N2O4. The first-order valence-electron chi connectivity index (χ1n) is 11.4. The average molecular weight is 437 g/mol. The molecule has 2 aromatic rings. The number of fused-ring (bicyclic) bond motifs is 1. The van der Waals surface area contributed by atoms with Crippen LogP contribution in [0.4, 0.5) is 5.69 Å². The summed E-state index contributed by atoms with van der Waals surface area (Å²) in [6, 6.07) is 14.5. The molecule has 6 nitrogen and oxygen atoms in total. The van der Waals surface area contributed by atoms with Crippen LogP contribution >= 0.6 is 0 Å². The molecule has 0 amide bonds. The fourth-order valence-corrected chi connectivity index (χ4v) is 3.97. The molecule has 1 saturated heterocycles. The van der Waals surface area contributed by atoms with Gasteiger partial charge in [-0.25, -0.2) is 0 Å². The minimum atomic E-state index is -0.169. The number of allylic oxidation sites excluding steroid dienone is 1. The lowest BCUT2D eigenvalue weighted by atomic mass is 10.00. The first-order valence-corrected chi connectivity index (χ1v) is 11.4. The summed E-state index contributed by atoms with van der Waals surface area (Å²) < 4.78 is 10.5. The number of hydrogen-bond acceptors (Lipinski definition) is 6. The van der Waals surface area contributed by atoms with Crippen molar-refractivity contribution in [1.82, 2.24) is 0 Å². The molecule has 0 spiro atoms. The lowest BCUT2D eigenvalue weighted by Gasteiger charge is -2.30. The van der Waals surface area contributed by atoms with Gasteiger partial charge in [0.1, 0.15) is 6.07 Å². The van der Waals surface area contributed by atoms with E-state index in [2.05, 4.69) is 41.3 Å². The number of nitriles is 1. The fourth-order valence-electron chi connectivity index (χ4n) is 3.97. The van der Waals surface area contributed by atoms with Gasteiger partial charge in [-0.15, -0.1) is 0 Å². The van der Waals surface area contributed by atoms with Crippen LogP contribution < -0.4 is 4.90 Å². The van der Waals surface area contributed by atoms with Gasteiger partial charge in [0, 0.05) is 37.2 Å². The highest BCUT2D eigenvalue weighted by molar-refractivity contribution is 6.04. The minimum Gasteiger partial charge on any atom is -0.394 e. The number of aliphatic hydroxyl groups is 1. The maximum Gasteiger partial charge on any atom is 0.173 e. The Bertz CT molecular complexity index is 958. The number of ketones is 1. The molecule has 1 aliphatic rings. The molecule has 32 heavy (non-hydrogen) atoms. The van der Waals surface area contributed by atoms with Crippen LogP contribution in [0.2, 0.25) is 0 Å². The molecule has 0 bridgehead atoms. The van der Waals surface area contributed by atoms with Gasteiger partial charge in [0.05, 0.1) is 32.0 Å². The third-order valence-corrected chi connectivity index (χ3v) is 5.61. The number of Topliss-reactive ketones (excluding diaryl/α,β-unsaturated/α-hetero) is 1. The van der Waals surface area contributed by atoms with Crippen molar-refractivity contribution < 1.29 is 19.4 Å². The predicted octanol–water partition coefficient (Wildman–Crippen LogP) is 4.11. The van der Waals surface area contributed by atoms with Gasteiger partial charge in [-0.3, -0.25) is 4.79 Å². The van der Waals surface area contributed by atoms with E-state index in [1.54, 1.807) is 6.08 Å². The van der Waals surface area contributed by atoms with Crippen LogP contribution in [0.3, 0.4) is 0 Å². The number of ether oxygens (including phenoxy) is 2. The molecule has 0 radical (unpaired) electrons. The standard InChI is InChI=1S/C26H32N2O4/c27-20-23(26(30)8-5-14-31-16-17-32-15-13-29)18-21-9-10-22-6-4-7-25(24(22)19-21)28-11-2-1-3-12-28/h4,6-7,9-10,18-19,29H,1-3,5,8,11-17H2/b23-18+. The van der Waals surface area contributed by atoms with Crippen molar-refractivity contribution in [3.8, 4) is 6.07 Å². The smallest absolute Gasteiger partial charge is 0.173 e. The van der Waals surface area contributed by atoms with E-state index in [9.17, 15) is 10.1 Å². The molecule has 1 fully saturated rings. The predicted molar refractivity (Wildman–Crippen MR) is 127 cm³/mol. The van der Waals surface area contributed by atoms with Crippen LogP contribution in [0, 0.1) is 11.3 Å². The van der Waals surface area contributed by atoms with Crippen LogP contribution in [-0.4, -0.2) is 57.0 Å². The molecule has 2 aromatic carbocycles. The molecule has 3 rings (SSSR count). The second kappa shape index (κ2) is 13.0. The van der Waals surface area contributed by atoms with Crippen molar-refractivity contribution in [2.45, 2.75) is 32.1 Å². The number of carbonyl (C=O) groups excluding carboxylic acids is 1. The first kappa shape index (κ1) is 23.9. The SMILES string of the molecule is N#C/C(=C\c1ccc2cccc(N3CCCCC3)c2c1)C(=O)CCCOCCOCCO. The monoisotopic (exact) mass is 436 g/mol. The molecule has 1 heterocycles. The third kappa shape index (κ3) is 6.89. The zero-order valence-corrected chi connectivity index (χ0v) is 18.6. The zero-order valence-electron chi connectivity index (χ0n) is 18.6. The molecule has 0 aliphatic carbocycles. The van der Waals surface area contributed by atoms with Crippen LogP contribution in [0.1, 0.15) is 37.7 Å². The second-order valence-corrected chi connectivity index (χ2v) is 7.95. The Kier molecular flexibility index (Phi) is 9.70. The molecule has 0 aromatic heterocycles. The van der Waals surface area contributed by atoms with Crippen LogP contribution in [0.5, 0.6) is 0 Å². The number of aliphatic hydroxyl groups excluding tert-OH is 1. The highest BCUT2D eigenvalue weighted by Crippen LogP contribution is 2.30. The number of piperidine rings is 1. The maximum absolute atomic E-state index is 12.5. The summed E-state index contributed by atoms with van der Waals surface area (Å²) in [5, 5.41) is 20.5. The molecule has 0 atom stereocenters. The van der Waals surface area contributed by atoms with E-state index in [0.29, 0.717) is 32.8 Å². The molecule has 1 aliphatic heterocycles. The summed E-state index contributed by atoms with van der Waals surface area (Å²) in [7, 11) is 0. The summed E-state index contributed by atoms with van der Waals surface area (Å²) >= 11 is 0. The molecule has 0 unspecified atom stereocenters. The normalized spacial score (nSPS) is 14.5. The summed E-state index contributed by atoms with van der Waals surface area (Å²) in [6.45, 7) is 3.70. The largest absolute Gasteiger partial charge is 0.394 e. The Balaban J connectivity index is 1.63. The van der Waals surface area contributed by atoms with E-state index < -0.39 is 0 Å². The van der Waals surface area contributed by atoms with Crippen molar-refractivity contribution in [1.29, 1.82) is 5.26 Å². The summed E-state index contributed by atoms with van der Waals surface area (Å²) in [5.74, 6) is -0.169. The van der Waals surface area contributed by atoms with Gasteiger partial charge in [-0.1, -0.05) is 24.3 Å². The number of nitrogens with zero attached hydrogens (tertiary/aromatic N) is 2. The number of hydrogen-bond donors (Lipinski definition) is 1. The van der Waals surface area contributed by atoms with Gasteiger partial charge in [0.15, 0.2) is 5.78 Å². The van der Waals surface area contributed by atoms with Crippen molar-refractivity contribution in [2.24, 2.45) is 0 Å². The Morgan fingerprint density at radius 1 is 1.06 bits per heavy atom. The van der Waals surface area contributed by atoms with Crippen molar-refractivity contribution in [2.75, 3.05) is 51.0 Å². The van der Waals surface area contributed by atoms with Crippen LogP contribution in [-0.2, 0) is 14.3 Å². The number of anilines is 1. The summed E-state index contributed by atoms with van der Waals surface area (Å²) in [5.41, 5.74) is 2.26. The highest BCUT2D eigenvalue weighted by Gasteiger charge is 2.14. The van der Waals surface area contributed by atoms with Crippen molar-refractivity contribution >= 4 is 28.3 Å². The lowest BCUT2D eigenvalue weighted by molar-refractivity contribution is -0.115. The molecule has 170 valence electrons. The van der Waals surface area contributed by atoms with Crippen LogP contribution in [0.15, 0.2) is 42.0 Å². The number of carbonyl (C=O) groups is 1. The third-order valence-electron chi connectivity index (χ3n) is 5.61. The van der Waals surface area contributed by atoms with Crippen LogP contribution in [0.25, 0.3) is 16.8 Å². The van der Waals surface area contributed by atoms with Crippen molar-refractivity contribution in [3.63, 3.8) is 0 Å². The maximum atomic E-state index is 12.5. The molecular weight excluding hydrogens is 404 g/mol. The molecule has 6 heteroatoms. The van der Waals surface area contributed by atoms with Crippen molar-refractivity contribution in [3.05, 3.63) is 47.5 Å². The van der Waals surface area contributed by atoms with E-state index in [-0.39, 0.29) is 24.4 Å². The second-order valence-electron chi connectivity index (χ2n) is 7.95. The molecule has 0 saturated carbocycles. The topological polar surface area (TPSA) is 82.8 Å². The average Bonchev–Trinajstić information content (AvgIpc) is 2.84. The van der Waals surface area contributed by atoms with Gasteiger partial charge in [-0.05, 0) is 54.8 Å². The highest BCUT2D eigenvalue weighted by atomic mass is 16.5. The summed E-state index contributed by atoms with van der Waals surface area (Å²) in [6.07, 6.45) is 6.22. The van der Waals surface area contributed by atoms with Gasteiger partial charge in [-0.2, -0.15) is 5.26 Å². The minimum absolute atomic E-state index is 0.00541. The Morgan fingerprint density at radius 3 is 2.59 bits per heavy atom. The quantitative estimate of drug-likeness (QED) is 0.306. The Hall–Kier alpha value is -2.72. The zero-order chi connectivity index (χ0) is 22.6. The fraction of sp³-hybridized carbons (Fsp3) is 0.462. The Morgan fingerprint density at radius 2 is 1.84 bits per heavy atom.